The second kappa shape index (κ2) is 9.31. The zero-order valence-electron chi connectivity index (χ0n) is 18.5. The number of amides is 1. The molecule has 0 unspecified atom stereocenters. The van der Waals surface area contributed by atoms with Gasteiger partial charge in [-0.2, -0.15) is 0 Å². The third kappa shape index (κ3) is 4.70. The normalized spacial score (nSPS) is 11.2. The van der Waals surface area contributed by atoms with Gasteiger partial charge in [-0.15, -0.1) is 0 Å². The van der Waals surface area contributed by atoms with E-state index in [4.69, 9.17) is 14.0 Å². The van der Waals surface area contributed by atoms with Crippen molar-refractivity contribution in [2.45, 2.75) is 32.1 Å². The lowest BCUT2D eigenvalue weighted by molar-refractivity contribution is -0.114. The first-order chi connectivity index (χ1) is 15.2. The third-order valence-electron chi connectivity index (χ3n) is 4.73. The molecule has 0 radical (unpaired) electrons. The van der Waals surface area contributed by atoms with Gasteiger partial charge in [0.15, 0.2) is 0 Å². The van der Waals surface area contributed by atoms with E-state index in [9.17, 15) is 13.2 Å². The monoisotopic (exact) mass is 459 g/mol. The first-order valence-corrected chi connectivity index (χ1v) is 11.3. The number of carbonyl (C=O) groups excluding carboxylic acids is 1. The van der Waals surface area contributed by atoms with Crippen LogP contribution in [-0.2, 0) is 21.2 Å². The highest BCUT2D eigenvalue weighted by Gasteiger charge is 2.25. The van der Waals surface area contributed by atoms with Gasteiger partial charge in [-0.25, -0.2) is 8.42 Å². The number of benzene rings is 2. The van der Waals surface area contributed by atoms with Crippen LogP contribution in [0.2, 0.25) is 0 Å². The van der Waals surface area contributed by atoms with Crippen LogP contribution in [0.5, 0.6) is 11.5 Å². The van der Waals surface area contributed by atoms with Crippen LogP contribution < -0.4 is 19.5 Å². The van der Waals surface area contributed by atoms with Crippen LogP contribution in [0.15, 0.2) is 45.8 Å². The molecule has 9 nitrogen and oxygen atoms in total. The van der Waals surface area contributed by atoms with Gasteiger partial charge in [-0.05, 0) is 48.7 Å². The van der Waals surface area contributed by atoms with E-state index in [0.29, 0.717) is 34.7 Å². The van der Waals surface area contributed by atoms with Crippen molar-refractivity contribution in [2.24, 2.45) is 0 Å². The summed E-state index contributed by atoms with van der Waals surface area (Å²) in [6.07, 6.45) is 0.519. The number of aryl methyl sites for hydroxylation is 2. The second-order valence-electron chi connectivity index (χ2n) is 7.04. The number of nitrogens with one attached hydrogen (secondary N) is 2. The second-order valence-corrected chi connectivity index (χ2v) is 8.69. The average molecular weight is 460 g/mol. The number of anilines is 2. The van der Waals surface area contributed by atoms with Crippen LogP contribution in [0.25, 0.3) is 11.1 Å². The number of hydrogen-bond acceptors (Lipinski definition) is 7. The molecule has 0 spiro atoms. The molecule has 0 aliphatic heterocycles. The van der Waals surface area contributed by atoms with Crippen molar-refractivity contribution >= 4 is 27.5 Å². The van der Waals surface area contributed by atoms with Crippen LogP contribution in [0.1, 0.15) is 25.1 Å². The molecule has 1 heterocycles. The number of ether oxygens (including phenoxy) is 2. The SMILES string of the molecule is CCc1noc(NC(C)=O)c1-c1ccc(OC)c(S(=O)(=O)Nc2cc(C)ccc2OC)c1. The van der Waals surface area contributed by atoms with E-state index in [-0.39, 0.29) is 22.4 Å². The summed E-state index contributed by atoms with van der Waals surface area (Å²) in [5.41, 5.74) is 2.76. The van der Waals surface area contributed by atoms with Crippen LogP contribution in [0.4, 0.5) is 11.6 Å². The molecule has 0 saturated heterocycles. The van der Waals surface area contributed by atoms with Crippen molar-refractivity contribution in [3.05, 3.63) is 47.7 Å². The van der Waals surface area contributed by atoms with Crippen LogP contribution in [0, 0.1) is 6.92 Å². The summed E-state index contributed by atoms with van der Waals surface area (Å²) in [6.45, 7) is 5.08. The molecule has 1 aromatic heterocycles. The summed E-state index contributed by atoms with van der Waals surface area (Å²) < 4.78 is 45.1. The van der Waals surface area contributed by atoms with Gasteiger partial charge in [0.25, 0.3) is 10.0 Å². The molecule has 0 atom stereocenters. The minimum atomic E-state index is -4.07. The highest BCUT2D eigenvalue weighted by Crippen LogP contribution is 2.37. The maximum atomic E-state index is 13.3. The fraction of sp³-hybridized carbons (Fsp3) is 0.273. The van der Waals surface area contributed by atoms with E-state index < -0.39 is 10.0 Å². The van der Waals surface area contributed by atoms with Crippen LogP contribution >= 0.6 is 0 Å². The van der Waals surface area contributed by atoms with Gasteiger partial charge in [0.1, 0.15) is 16.4 Å². The molecule has 2 aromatic carbocycles. The van der Waals surface area contributed by atoms with Crippen molar-refractivity contribution in [2.75, 3.05) is 24.3 Å². The van der Waals surface area contributed by atoms with Gasteiger partial charge in [0.2, 0.25) is 11.8 Å². The number of hydrogen-bond donors (Lipinski definition) is 2. The van der Waals surface area contributed by atoms with E-state index in [2.05, 4.69) is 15.2 Å². The molecule has 10 heteroatoms. The van der Waals surface area contributed by atoms with Crippen molar-refractivity contribution in [3.63, 3.8) is 0 Å². The first-order valence-electron chi connectivity index (χ1n) is 9.82. The number of sulfonamides is 1. The summed E-state index contributed by atoms with van der Waals surface area (Å²) >= 11 is 0. The highest BCUT2D eigenvalue weighted by molar-refractivity contribution is 7.92. The molecule has 1 amide bonds. The van der Waals surface area contributed by atoms with Gasteiger partial charge < -0.3 is 14.0 Å². The molecule has 0 bridgehead atoms. The Balaban J connectivity index is 2.13. The predicted molar refractivity (Wildman–Crippen MR) is 121 cm³/mol. The zero-order chi connectivity index (χ0) is 23.5. The summed E-state index contributed by atoms with van der Waals surface area (Å²) in [5, 5.41) is 6.59. The first kappa shape index (κ1) is 23.1. The Morgan fingerprint density at radius 1 is 1.09 bits per heavy atom. The molecule has 3 aromatic rings. The maximum absolute atomic E-state index is 13.3. The lowest BCUT2D eigenvalue weighted by atomic mass is 10.0. The summed E-state index contributed by atoms with van der Waals surface area (Å²) in [5.74, 6) is 0.355. The lowest BCUT2D eigenvalue weighted by Crippen LogP contribution is -2.15. The van der Waals surface area contributed by atoms with Crippen molar-refractivity contribution in [1.82, 2.24) is 5.16 Å². The number of methoxy groups -OCH3 is 2. The summed E-state index contributed by atoms with van der Waals surface area (Å²) in [4.78, 5) is 11.5. The number of nitrogens with zero attached hydrogens (tertiary/aromatic N) is 1. The fourth-order valence-electron chi connectivity index (χ4n) is 3.25. The summed E-state index contributed by atoms with van der Waals surface area (Å²) in [7, 11) is -1.21. The van der Waals surface area contributed by atoms with Gasteiger partial charge in [0.05, 0.1) is 31.2 Å². The van der Waals surface area contributed by atoms with E-state index in [1.165, 1.54) is 27.2 Å². The smallest absolute Gasteiger partial charge is 0.265 e. The predicted octanol–water partition coefficient (Wildman–Crippen LogP) is 3.99. The van der Waals surface area contributed by atoms with Crippen LogP contribution in [-0.4, -0.2) is 33.7 Å². The maximum Gasteiger partial charge on any atom is 0.265 e. The molecule has 0 saturated carbocycles. The molecule has 0 aliphatic rings. The molecule has 3 rings (SSSR count). The Hall–Kier alpha value is -3.53. The molecule has 170 valence electrons. The molecular weight excluding hydrogens is 434 g/mol. The minimum Gasteiger partial charge on any atom is -0.495 e. The van der Waals surface area contributed by atoms with Gasteiger partial charge in [-0.1, -0.05) is 24.2 Å². The Kier molecular flexibility index (Phi) is 6.73. The molecular formula is C22H25N3O6S. The van der Waals surface area contributed by atoms with Crippen molar-refractivity contribution in [3.8, 4) is 22.6 Å². The minimum absolute atomic E-state index is 0.0851. The Labute approximate surface area is 186 Å². The highest BCUT2D eigenvalue weighted by atomic mass is 32.2. The Morgan fingerprint density at radius 3 is 2.41 bits per heavy atom. The number of rotatable bonds is 8. The van der Waals surface area contributed by atoms with Gasteiger partial charge in [0, 0.05) is 6.92 Å². The van der Waals surface area contributed by atoms with E-state index in [1.54, 1.807) is 24.3 Å². The van der Waals surface area contributed by atoms with Gasteiger partial charge >= 0.3 is 0 Å². The van der Waals surface area contributed by atoms with E-state index in [0.717, 1.165) is 5.56 Å². The lowest BCUT2D eigenvalue weighted by Gasteiger charge is -2.15. The van der Waals surface area contributed by atoms with Crippen molar-refractivity contribution < 1.29 is 27.2 Å². The van der Waals surface area contributed by atoms with E-state index in [1.807, 2.05) is 19.9 Å². The quantitative estimate of drug-likeness (QED) is 0.523. The van der Waals surface area contributed by atoms with Crippen LogP contribution in [0.3, 0.4) is 0 Å². The Morgan fingerprint density at radius 2 is 1.78 bits per heavy atom. The zero-order valence-corrected chi connectivity index (χ0v) is 19.3. The number of carbonyl (C=O) groups is 1. The van der Waals surface area contributed by atoms with Crippen molar-refractivity contribution in [1.29, 1.82) is 0 Å². The molecule has 2 N–H and O–H groups in total. The molecule has 0 fully saturated rings. The fourth-order valence-corrected chi connectivity index (χ4v) is 4.51. The summed E-state index contributed by atoms with van der Waals surface area (Å²) in [6, 6.07) is 9.87. The third-order valence-corrected chi connectivity index (χ3v) is 6.12. The Bertz CT molecular complexity index is 1250. The molecule has 0 aliphatic carbocycles. The number of aromatic nitrogens is 1. The average Bonchev–Trinajstić information content (AvgIpc) is 3.15. The van der Waals surface area contributed by atoms with E-state index >= 15 is 0 Å². The standard InChI is InChI=1S/C22H25N3O6S/c1-6-16-21(22(31-24-16)23-14(3)26)15-8-10-19(30-5)20(12-15)32(27,28)25-17-11-13(2)7-9-18(17)29-4/h7-12,25H,6H2,1-5H3,(H,23,26). The molecule has 32 heavy (non-hydrogen) atoms. The topological polar surface area (TPSA) is 120 Å². The largest absolute Gasteiger partial charge is 0.495 e. The van der Waals surface area contributed by atoms with Gasteiger partial charge in [-0.3, -0.25) is 14.8 Å².